The lowest BCUT2D eigenvalue weighted by atomic mass is 9.93. The SMILES string of the molecule is CSc1ccccc1C(O)c1c(C)cc(F)cc1C. The summed E-state index contributed by atoms with van der Waals surface area (Å²) < 4.78 is 13.3. The van der Waals surface area contributed by atoms with Crippen LogP contribution >= 0.6 is 11.8 Å². The largest absolute Gasteiger partial charge is 0.384 e. The van der Waals surface area contributed by atoms with Gasteiger partial charge in [0, 0.05) is 4.90 Å². The summed E-state index contributed by atoms with van der Waals surface area (Å²) in [5, 5.41) is 10.6. The van der Waals surface area contributed by atoms with Crippen LogP contribution in [-0.4, -0.2) is 11.4 Å². The minimum Gasteiger partial charge on any atom is -0.384 e. The topological polar surface area (TPSA) is 20.2 Å². The molecule has 19 heavy (non-hydrogen) atoms. The van der Waals surface area contributed by atoms with Crippen molar-refractivity contribution in [2.75, 3.05) is 6.26 Å². The highest BCUT2D eigenvalue weighted by atomic mass is 32.2. The van der Waals surface area contributed by atoms with E-state index in [-0.39, 0.29) is 5.82 Å². The van der Waals surface area contributed by atoms with E-state index in [1.807, 2.05) is 44.4 Å². The molecule has 1 N–H and O–H groups in total. The quantitative estimate of drug-likeness (QED) is 0.846. The van der Waals surface area contributed by atoms with Gasteiger partial charge < -0.3 is 5.11 Å². The standard InChI is InChI=1S/C16H17FOS/c1-10-8-12(17)9-11(2)15(10)16(18)13-6-4-5-7-14(13)19-3/h4-9,16,18H,1-3H3. The van der Waals surface area contributed by atoms with Gasteiger partial charge in [0.1, 0.15) is 11.9 Å². The zero-order valence-electron chi connectivity index (χ0n) is 11.3. The lowest BCUT2D eigenvalue weighted by molar-refractivity contribution is 0.215. The normalized spacial score (nSPS) is 12.5. The van der Waals surface area contributed by atoms with Crippen LogP contribution in [0.1, 0.15) is 28.4 Å². The van der Waals surface area contributed by atoms with Crippen LogP contribution in [0.4, 0.5) is 4.39 Å². The van der Waals surface area contributed by atoms with E-state index in [4.69, 9.17) is 0 Å². The molecule has 2 aromatic rings. The Bertz CT molecular complexity index is 572. The number of benzene rings is 2. The fourth-order valence-corrected chi connectivity index (χ4v) is 3.03. The molecule has 0 aliphatic rings. The lowest BCUT2D eigenvalue weighted by Crippen LogP contribution is -2.06. The molecule has 2 aromatic carbocycles. The van der Waals surface area contributed by atoms with Gasteiger partial charge in [-0.15, -0.1) is 11.8 Å². The Kier molecular flexibility index (Phi) is 4.27. The average Bonchev–Trinajstić information content (AvgIpc) is 2.37. The van der Waals surface area contributed by atoms with Crippen molar-refractivity contribution in [2.24, 2.45) is 0 Å². The number of aliphatic hydroxyl groups is 1. The number of aliphatic hydroxyl groups excluding tert-OH is 1. The van der Waals surface area contributed by atoms with E-state index in [9.17, 15) is 9.50 Å². The van der Waals surface area contributed by atoms with Gasteiger partial charge in [-0.3, -0.25) is 0 Å². The van der Waals surface area contributed by atoms with E-state index in [1.165, 1.54) is 12.1 Å². The third kappa shape index (κ3) is 2.82. The molecule has 0 radical (unpaired) electrons. The molecule has 0 saturated heterocycles. The summed E-state index contributed by atoms with van der Waals surface area (Å²) in [5.41, 5.74) is 3.22. The van der Waals surface area contributed by atoms with Crippen molar-refractivity contribution >= 4 is 11.8 Å². The van der Waals surface area contributed by atoms with Crippen molar-refractivity contribution in [3.05, 3.63) is 64.5 Å². The molecule has 3 heteroatoms. The molecule has 0 aromatic heterocycles. The molecule has 0 amide bonds. The van der Waals surface area contributed by atoms with Crippen LogP contribution in [0.15, 0.2) is 41.3 Å². The molecule has 0 aliphatic heterocycles. The first-order chi connectivity index (χ1) is 9.04. The molecule has 0 spiro atoms. The molecular formula is C16H17FOS. The Balaban J connectivity index is 2.53. The van der Waals surface area contributed by atoms with Gasteiger partial charge in [0.15, 0.2) is 0 Å². The Hall–Kier alpha value is -1.32. The van der Waals surface area contributed by atoms with E-state index in [0.29, 0.717) is 0 Å². The second-order valence-corrected chi connectivity index (χ2v) is 5.45. The summed E-state index contributed by atoms with van der Waals surface area (Å²) in [5.74, 6) is -0.260. The van der Waals surface area contributed by atoms with Crippen molar-refractivity contribution < 1.29 is 9.50 Å². The van der Waals surface area contributed by atoms with Crippen LogP contribution in [0.3, 0.4) is 0 Å². The number of hydrogen-bond donors (Lipinski definition) is 1. The van der Waals surface area contributed by atoms with Crippen LogP contribution < -0.4 is 0 Å². The Morgan fingerprint density at radius 3 is 2.26 bits per heavy atom. The van der Waals surface area contributed by atoms with Crippen LogP contribution in [0, 0.1) is 19.7 Å². The van der Waals surface area contributed by atoms with Gasteiger partial charge in [-0.1, -0.05) is 18.2 Å². The predicted octanol–water partition coefficient (Wildman–Crippen LogP) is 4.25. The van der Waals surface area contributed by atoms with Crippen molar-refractivity contribution in [1.82, 2.24) is 0 Å². The van der Waals surface area contributed by atoms with Crippen LogP contribution in [0.2, 0.25) is 0 Å². The Morgan fingerprint density at radius 1 is 1.11 bits per heavy atom. The summed E-state index contributed by atoms with van der Waals surface area (Å²) >= 11 is 1.60. The Morgan fingerprint density at radius 2 is 1.68 bits per heavy atom. The lowest BCUT2D eigenvalue weighted by Gasteiger charge is -2.19. The average molecular weight is 276 g/mol. The monoisotopic (exact) mass is 276 g/mol. The number of thioether (sulfide) groups is 1. The minimum absolute atomic E-state index is 0.260. The number of rotatable bonds is 3. The van der Waals surface area contributed by atoms with Crippen LogP contribution in [0.25, 0.3) is 0 Å². The molecule has 0 fully saturated rings. The molecule has 0 aliphatic carbocycles. The minimum atomic E-state index is -0.718. The zero-order chi connectivity index (χ0) is 14.0. The van der Waals surface area contributed by atoms with Gasteiger partial charge in [-0.05, 0) is 60.6 Å². The van der Waals surface area contributed by atoms with Gasteiger partial charge in [0.2, 0.25) is 0 Å². The van der Waals surface area contributed by atoms with E-state index < -0.39 is 6.10 Å². The smallest absolute Gasteiger partial charge is 0.123 e. The molecule has 1 atom stereocenters. The maximum absolute atomic E-state index is 13.3. The second kappa shape index (κ2) is 5.76. The third-order valence-corrected chi connectivity index (χ3v) is 4.08. The number of aryl methyl sites for hydroxylation is 2. The molecule has 0 heterocycles. The molecule has 1 unspecified atom stereocenters. The summed E-state index contributed by atoms with van der Waals surface area (Å²) in [6, 6.07) is 10.7. The summed E-state index contributed by atoms with van der Waals surface area (Å²) in [6.07, 6.45) is 1.26. The predicted molar refractivity (Wildman–Crippen MR) is 78.2 cm³/mol. The molecular weight excluding hydrogens is 259 g/mol. The van der Waals surface area contributed by atoms with Gasteiger partial charge in [-0.25, -0.2) is 4.39 Å². The van der Waals surface area contributed by atoms with Gasteiger partial charge >= 0.3 is 0 Å². The number of halogens is 1. The molecule has 0 bridgehead atoms. The highest BCUT2D eigenvalue weighted by Crippen LogP contribution is 2.33. The highest BCUT2D eigenvalue weighted by molar-refractivity contribution is 7.98. The summed E-state index contributed by atoms with van der Waals surface area (Å²) in [4.78, 5) is 1.04. The van der Waals surface area contributed by atoms with Crippen molar-refractivity contribution in [3.63, 3.8) is 0 Å². The summed E-state index contributed by atoms with van der Waals surface area (Å²) in [6.45, 7) is 3.66. The number of hydrogen-bond acceptors (Lipinski definition) is 2. The van der Waals surface area contributed by atoms with E-state index in [2.05, 4.69) is 0 Å². The van der Waals surface area contributed by atoms with E-state index in [1.54, 1.807) is 11.8 Å². The fraction of sp³-hybridized carbons (Fsp3) is 0.250. The first-order valence-corrected chi connectivity index (χ1v) is 7.34. The summed E-state index contributed by atoms with van der Waals surface area (Å²) in [7, 11) is 0. The first-order valence-electron chi connectivity index (χ1n) is 6.12. The zero-order valence-corrected chi connectivity index (χ0v) is 12.1. The first kappa shape index (κ1) is 14.1. The van der Waals surface area contributed by atoms with Crippen molar-refractivity contribution in [1.29, 1.82) is 0 Å². The molecule has 1 nitrogen and oxygen atoms in total. The Labute approximate surface area is 117 Å². The van der Waals surface area contributed by atoms with Crippen molar-refractivity contribution in [2.45, 2.75) is 24.8 Å². The maximum atomic E-state index is 13.3. The molecule has 0 saturated carbocycles. The van der Waals surface area contributed by atoms with Gasteiger partial charge in [0.25, 0.3) is 0 Å². The van der Waals surface area contributed by atoms with Crippen LogP contribution in [-0.2, 0) is 0 Å². The van der Waals surface area contributed by atoms with Gasteiger partial charge in [-0.2, -0.15) is 0 Å². The maximum Gasteiger partial charge on any atom is 0.123 e. The highest BCUT2D eigenvalue weighted by Gasteiger charge is 2.18. The molecule has 100 valence electrons. The van der Waals surface area contributed by atoms with Gasteiger partial charge in [0.05, 0.1) is 0 Å². The van der Waals surface area contributed by atoms with E-state index in [0.717, 1.165) is 27.1 Å². The van der Waals surface area contributed by atoms with E-state index >= 15 is 0 Å². The molecule has 2 rings (SSSR count). The second-order valence-electron chi connectivity index (χ2n) is 4.60. The third-order valence-electron chi connectivity index (χ3n) is 3.27. The van der Waals surface area contributed by atoms with Crippen molar-refractivity contribution in [3.8, 4) is 0 Å². The van der Waals surface area contributed by atoms with Crippen LogP contribution in [0.5, 0.6) is 0 Å². The fourth-order valence-electron chi connectivity index (χ4n) is 2.40.